The van der Waals surface area contributed by atoms with Crippen LogP contribution in [0.25, 0.3) is 0 Å². The maximum Gasteiger partial charge on any atom is 0.227 e. The fraction of sp³-hybridized carbons (Fsp3) is 0.696. The summed E-state index contributed by atoms with van der Waals surface area (Å²) in [6.45, 7) is 9.48. The van der Waals surface area contributed by atoms with Gasteiger partial charge in [0.1, 0.15) is 0 Å². The minimum absolute atomic E-state index is 0.264. The highest BCUT2D eigenvalue weighted by Gasteiger charge is 2.17. The van der Waals surface area contributed by atoms with E-state index in [1.54, 1.807) is 0 Å². The van der Waals surface area contributed by atoms with Crippen LogP contribution in [0.4, 0.5) is 0 Å². The summed E-state index contributed by atoms with van der Waals surface area (Å²) in [7, 11) is 0. The van der Waals surface area contributed by atoms with E-state index in [0.717, 1.165) is 50.6 Å². The molecule has 0 saturated carbocycles. The second-order valence-electron chi connectivity index (χ2n) is 8.29. The second kappa shape index (κ2) is 10.8. The Morgan fingerprint density at radius 1 is 1.11 bits per heavy atom. The van der Waals surface area contributed by atoms with E-state index in [2.05, 4.69) is 41.4 Å². The number of carbonyl (C=O) groups is 1. The predicted octanol–water partition coefficient (Wildman–Crippen LogP) is 3.11. The van der Waals surface area contributed by atoms with Gasteiger partial charge in [0.25, 0.3) is 0 Å². The van der Waals surface area contributed by atoms with Crippen molar-refractivity contribution in [1.29, 1.82) is 0 Å². The summed E-state index contributed by atoms with van der Waals surface area (Å²) in [6, 6.07) is 8.74. The third kappa shape index (κ3) is 6.62. The van der Waals surface area contributed by atoms with Crippen LogP contribution in [0.3, 0.4) is 0 Å². The Balaban J connectivity index is 1.45. The highest BCUT2D eigenvalue weighted by atomic mass is 16.2. The Bertz CT molecular complexity index is 557. The predicted molar refractivity (Wildman–Crippen MR) is 112 cm³/mol. The van der Waals surface area contributed by atoms with Gasteiger partial charge < -0.3 is 15.1 Å². The van der Waals surface area contributed by atoms with Crippen LogP contribution >= 0.6 is 0 Å². The van der Waals surface area contributed by atoms with E-state index in [4.69, 9.17) is 0 Å². The van der Waals surface area contributed by atoms with E-state index in [0.29, 0.717) is 6.42 Å². The molecule has 1 aromatic rings. The van der Waals surface area contributed by atoms with E-state index in [-0.39, 0.29) is 5.91 Å². The molecule has 2 saturated heterocycles. The second-order valence-corrected chi connectivity index (χ2v) is 8.29. The fourth-order valence-corrected chi connectivity index (χ4v) is 4.38. The molecule has 1 aromatic carbocycles. The molecule has 2 aliphatic rings. The van der Waals surface area contributed by atoms with Crippen LogP contribution in [-0.4, -0.2) is 61.5 Å². The lowest BCUT2D eigenvalue weighted by molar-refractivity contribution is -0.130. The molecular formula is C23H37N3O. The summed E-state index contributed by atoms with van der Waals surface area (Å²) in [4.78, 5) is 17.3. The molecular weight excluding hydrogens is 334 g/mol. The number of rotatable bonds is 8. The molecule has 1 amide bonds. The first kappa shape index (κ1) is 20.3. The average Bonchev–Trinajstić information content (AvgIpc) is 3.05. The third-order valence-electron chi connectivity index (χ3n) is 6.18. The van der Waals surface area contributed by atoms with Crippen molar-refractivity contribution in [3.8, 4) is 0 Å². The van der Waals surface area contributed by atoms with Crippen LogP contribution in [0.1, 0.15) is 50.2 Å². The van der Waals surface area contributed by atoms with Crippen LogP contribution in [0.5, 0.6) is 0 Å². The summed E-state index contributed by atoms with van der Waals surface area (Å²) < 4.78 is 0. The standard InChI is InChI=1S/C23H37N3O/c1-2-26(16-15-25-13-5-3-4-6-14-25)23(27)18-21-9-7-20(8-10-21)17-22-11-12-24-19-22/h7-10,22,24H,2-6,11-19H2,1H3. The lowest BCUT2D eigenvalue weighted by Gasteiger charge is -2.26. The first-order valence-electron chi connectivity index (χ1n) is 11.0. The Kier molecular flexibility index (Phi) is 8.15. The third-order valence-corrected chi connectivity index (χ3v) is 6.18. The van der Waals surface area contributed by atoms with Gasteiger partial charge in [-0.1, -0.05) is 37.1 Å². The number of nitrogens with one attached hydrogen (secondary N) is 1. The Morgan fingerprint density at radius 2 is 1.81 bits per heavy atom. The van der Waals surface area contributed by atoms with Gasteiger partial charge in [0.2, 0.25) is 5.91 Å². The number of carbonyl (C=O) groups excluding carboxylic acids is 1. The topological polar surface area (TPSA) is 35.6 Å². The molecule has 0 bridgehead atoms. The molecule has 2 aliphatic heterocycles. The van der Waals surface area contributed by atoms with Crippen molar-refractivity contribution in [2.24, 2.45) is 5.92 Å². The van der Waals surface area contributed by atoms with Crippen LogP contribution in [0.2, 0.25) is 0 Å². The van der Waals surface area contributed by atoms with Gasteiger partial charge >= 0.3 is 0 Å². The molecule has 1 atom stereocenters. The average molecular weight is 372 g/mol. The van der Waals surface area contributed by atoms with Crippen LogP contribution in [0, 0.1) is 5.92 Å². The quantitative estimate of drug-likeness (QED) is 0.763. The Morgan fingerprint density at radius 3 is 2.44 bits per heavy atom. The zero-order chi connectivity index (χ0) is 18.9. The molecule has 4 heteroatoms. The van der Waals surface area contributed by atoms with Crippen molar-refractivity contribution in [2.45, 2.75) is 51.9 Å². The van der Waals surface area contributed by atoms with Crippen molar-refractivity contribution in [1.82, 2.24) is 15.1 Å². The van der Waals surface area contributed by atoms with E-state index in [1.165, 1.54) is 50.8 Å². The van der Waals surface area contributed by atoms with E-state index in [9.17, 15) is 4.79 Å². The molecule has 0 aromatic heterocycles. The van der Waals surface area contributed by atoms with Crippen molar-refractivity contribution in [3.05, 3.63) is 35.4 Å². The first-order chi connectivity index (χ1) is 13.2. The van der Waals surface area contributed by atoms with Gasteiger partial charge in [-0.15, -0.1) is 0 Å². The molecule has 1 N–H and O–H groups in total. The van der Waals surface area contributed by atoms with E-state index in [1.807, 2.05) is 4.90 Å². The summed E-state index contributed by atoms with van der Waals surface area (Å²) >= 11 is 0. The summed E-state index contributed by atoms with van der Waals surface area (Å²) in [6.07, 6.45) is 8.30. The van der Waals surface area contributed by atoms with Crippen molar-refractivity contribution in [3.63, 3.8) is 0 Å². The Labute approximate surface area is 165 Å². The van der Waals surface area contributed by atoms with E-state index >= 15 is 0 Å². The molecule has 1 unspecified atom stereocenters. The minimum atomic E-state index is 0.264. The van der Waals surface area contributed by atoms with Gasteiger partial charge in [-0.05, 0) is 75.8 Å². The highest BCUT2D eigenvalue weighted by Crippen LogP contribution is 2.16. The molecule has 2 heterocycles. The van der Waals surface area contributed by atoms with Crippen LogP contribution < -0.4 is 5.32 Å². The zero-order valence-electron chi connectivity index (χ0n) is 17.1. The van der Waals surface area contributed by atoms with Crippen LogP contribution in [0.15, 0.2) is 24.3 Å². The van der Waals surface area contributed by atoms with Gasteiger partial charge in [-0.2, -0.15) is 0 Å². The zero-order valence-corrected chi connectivity index (χ0v) is 17.1. The van der Waals surface area contributed by atoms with Gasteiger partial charge in [0.05, 0.1) is 6.42 Å². The largest absolute Gasteiger partial charge is 0.341 e. The van der Waals surface area contributed by atoms with Crippen molar-refractivity contribution >= 4 is 5.91 Å². The summed E-state index contributed by atoms with van der Waals surface area (Å²) in [5.74, 6) is 1.03. The molecule has 27 heavy (non-hydrogen) atoms. The summed E-state index contributed by atoms with van der Waals surface area (Å²) in [5.41, 5.74) is 2.54. The molecule has 3 rings (SSSR count). The number of likely N-dealkylation sites (tertiary alicyclic amines) is 1. The Hall–Kier alpha value is -1.39. The van der Waals surface area contributed by atoms with Crippen LogP contribution in [-0.2, 0) is 17.6 Å². The van der Waals surface area contributed by atoms with Gasteiger partial charge in [0, 0.05) is 19.6 Å². The van der Waals surface area contributed by atoms with Gasteiger partial charge in [0.15, 0.2) is 0 Å². The normalized spacial score (nSPS) is 21.1. The molecule has 0 spiro atoms. The highest BCUT2D eigenvalue weighted by molar-refractivity contribution is 5.78. The fourth-order valence-electron chi connectivity index (χ4n) is 4.38. The van der Waals surface area contributed by atoms with Crippen molar-refractivity contribution < 1.29 is 4.79 Å². The van der Waals surface area contributed by atoms with Crippen molar-refractivity contribution in [2.75, 3.05) is 45.8 Å². The number of amides is 1. The number of benzene rings is 1. The number of likely N-dealkylation sites (N-methyl/N-ethyl adjacent to an activating group) is 1. The lowest BCUT2D eigenvalue weighted by atomic mass is 9.97. The minimum Gasteiger partial charge on any atom is -0.341 e. The molecule has 4 nitrogen and oxygen atoms in total. The molecule has 0 radical (unpaired) electrons. The van der Waals surface area contributed by atoms with Gasteiger partial charge in [-0.3, -0.25) is 4.79 Å². The molecule has 150 valence electrons. The SMILES string of the molecule is CCN(CCN1CCCCCC1)C(=O)Cc1ccc(CC2CCNC2)cc1. The monoisotopic (exact) mass is 371 g/mol. The maximum atomic E-state index is 12.7. The lowest BCUT2D eigenvalue weighted by Crippen LogP contribution is -2.39. The molecule has 2 fully saturated rings. The molecule has 0 aliphatic carbocycles. The number of nitrogens with zero attached hydrogens (tertiary/aromatic N) is 2. The smallest absolute Gasteiger partial charge is 0.227 e. The number of hydrogen-bond donors (Lipinski definition) is 1. The van der Waals surface area contributed by atoms with E-state index < -0.39 is 0 Å². The maximum absolute atomic E-state index is 12.7. The van der Waals surface area contributed by atoms with Gasteiger partial charge in [-0.25, -0.2) is 0 Å². The summed E-state index contributed by atoms with van der Waals surface area (Å²) in [5, 5.41) is 3.43. The first-order valence-corrected chi connectivity index (χ1v) is 11.0. The number of hydrogen-bond acceptors (Lipinski definition) is 3.